The maximum atomic E-state index is 13.9. The fourth-order valence-corrected chi connectivity index (χ4v) is 3.33. The van der Waals surface area contributed by atoms with Gasteiger partial charge in [-0.1, -0.05) is 35.3 Å². The van der Waals surface area contributed by atoms with Gasteiger partial charge in [0.25, 0.3) is 5.56 Å². The molecule has 30 heavy (non-hydrogen) atoms. The van der Waals surface area contributed by atoms with Gasteiger partial charge in [-0.25, -0.2) is 13.8 Å². The third kappa shape index (κ3) is 3.41. The van der Waals surface area contributed by atoms with Crippen LogP contribution in [0.25, 0.3) is 28.0 Å². The molecule has 0 saturated carbocycles. The Morgan fingerprint density at radius 3 is 2.30 bits per heavy atom. The Bertz CT molecular complexity index is 1350. The van der Waals surface area contributed by atoms with Crippen molar-refractivity contribution in [2.45, 2.75) is 6.18 Å². The Morgan fingerprint density at radius 2 is 1.67 bits per heavy atom. The second kappa shape index (κ2) is 7.06. The van der Waals surface area contributed by atoms with E-state index in [1.165, 1.54) is 0 Å². The second-order valence-corrected chi connectivity index (χ2v) is 6.83. The van der Waals surface area contributed by atoms with Crippen molar-refractivity contribution in [2.75, 3.05) is 0 Å². The van der Waals surface area contributed by atoms with Gasteiger partial charge in [0.05, 0.1) is 11.3 Å². The molecule has 0 bridgehead atoms. The van der Waals surface area contributed by atoms with Gasteiger partial charge in [0, 0.05) is 11.6 Å². The molecule has 0 unspecified atom stereocenters. The number of pyridine rings is 1. The summed E-state index contributed by atoms with van der Waals surface area (Å²) < 4.78 is 68.5. The highest BCUT2D eigenvalue weighted by Crippen LogP contribution is 2.38. The molecule has 0 amide bonds. The zero-order chi connectivity index (χ0) is 21.8. The molecule has 4 rings (SSSR count). The maximum Gasteiger partial charge on any atom is 0.435 e. The summed E-state index contributed by atoms with van der Waals surface area (Å²) in [6.07, 6.45) is -4.91. The molecule has 0 atom stereocenters. The van der Waals surface area contributed by atoms with E-state index in [0.29, 0.717) is 4.52 Å². The second-order valence-electron chi connectivity index (χ2n) is 6.11. The van der Waals surface area contributed by atoms with Gasteiger partial charge < -0.3 is 4.98 Å². The lowest BCUT2D eigenvalue weighted by atomic mass is 10.1. The zero-order valence-corrected chi connectivity index (χ0v) is 15.9. The summed E-state index contributed by atoms with van der Waals surface area (Å²) in [5, 5.41) is 2.59. The van der Waals surface area contributed by atoms with E-state index in [-0.39, 0.29) is 27.6 Å². The van der Waals surface area contributed by atoms with Gasteiger partial charge >= 0.3 is 6.18 Å². The number of hydrogen-bond acceptors (Lipinski definition) is 3. The Labute approximate surface area is 173 Å². The Morgan fingerprint density at radius 1 is 1.00 bits per heavy atom. The minimum Gasteiger partial charge on any atom is -0.339 e. The van der Waals surface area contributed by atoms with E-state index in [9.17, 15) is 26.7 Å². The van der Waals surface area contributed by atoms with Crippen molar-refractivity contribution in [3.8, 4) is 22.4 Å². The van der Waals surface area contributed by atoms with E-state index in [1.54, 1.807) is 0 Å². The summed E-state index contributed by atoms with van der Waals surface area (Å²) in [6, 6.07) is 5.95. The molecule has 0 aliphatic heterocycles. The third-order valence-corrected chi connectivity index (χ3v) is 4.75. The summed E-state index contributed by atoms with van der Waals surface area (Å²) in [5.41, 5.74) is -3.38. The summed E-state index contributed by atoms with van der Waals surface area (Å²) in [4.78, 5) is 18.7. The van der Waals surface area contributed by atoms with Crippen molar-refractivity contribution in [3.05, 3.63) is 74.4 Å². The lowest BCUT2D eigenvalue weighted by Crippen LogP contribution is -2.15. The van der Waals surface area contributed by atoms with Crippen molar-refractivity contribution in [3.63, 3.8) is 0 Å². The van der Waals surface area contributed by atoms with Crippen LogP contribution in [0.3, 0.4) is 0 Å². The number of aromatic nitrogens is 4. The average molecular weight is 461 g/mol. The minimum atomic E-state index is -4.91. The molecule has 5 nitrogen and oxygen atoms in total. The van der Waals surface area contributed by atoms with Crippen molar-refractivity contribution in [2.24, 2.45) is 0 Å². The molecule has 3 heterocycles. The first-order chi connectivity index (χ1) is 14.1. The fraction of sp³-hybridized carbons (Fsp3) is 0.0556. The van der Waals surface area contributed by atoms with E-state index in [1.807, 2.05) is 0 Å². The van der Waals surface area contributed by atoms with Crippen molar-refractivity contribution < 1.29 is 22.0 Å². The molecule has 0 fully saturated rings. The molecule has 12 heteroatoms. The smallest absolute Gasteiger partial charge is 0.339 e. The molecular formula is C18H7Cl2F5N4O. The minimum absolute atomic E-state index is 0.0435. The van der Waals surface area contributed by atoms with E-state index in [4.69, 9.17) is 23.2 Å². The third-order valence-electron chi connectivity index (χ3n) is 4.19. The van der Waals surface area contributed by atoms with Crippen LogP contribution in [0.4, 0.5) is 22.0 Å². The molecule has 1 aromatic carbocycles. The van der Waals surface area contributed by atoms with Crippen LogP contribution in [0.2, 0.25) is 10.3 Å². The number of rotatable bonds is 2. The normalized spacial score (nSPS) is 12.0. The average Bonchev–Trinajstić information content (AvgIpc) is 3.06. The summed E-state index contributed by atoms with van der Waals surface area (Å²) in [7, 11) is 0. The first kappa shape index (κ1) is 20.3. The lowest BCUT2D eigenvalue weighted by Gasteiger charge is -2.08. The summed E-state index contributed by atoms with van der Waals surface area (Å²) in [6.45, 7) is 0. The number of nitrogens with one attached hydrogen (secondary N) is 1. The van der Waals surface area contributed by atoms with Crippen LogP contribution in [0.1, 0.15) is 5.69 Å². The van der Waals surface area contributed by atoms with Gasteiger partial charge in [0.15, 0.2) is 16.7 Å². The van der Waals surface area contributed by atoms with Crippen LogP contribution in [-0.2, 0) is 6.18 Å². The highest BCUT2D eigenvalue weighted by molar-refractivity contribution is 6.34. The maximum absolute atomic E-state index is 13.9. The first-order valence-electron chi connectivity index (χ1n) is 8.07. The topological polar surface area (TPSA) is 63.0 Å². The van der Waals surface area contributed by atoms with Gasteiger partial charge in [0.1, 0.15) is 16.6 Å². The molecular weight excluding hydrogens is 454 g/mol. The van der Waals surface area contributed by atoms with Crippen LogP contribution in [0, 0.1) is 11.6 Å². The van der Waals surface area contributed by atoms with Gasteiger partial charge in [-0.3, -0.25) is 4.79 Å². The van der Waals surface area contributed by atoms with E-state index in [2.05, 4.69) is 15.1 Å². The predicted octanol–water partition coefficient (Wildman–Crippen LogP) is 5.36. The Balaban J connectivity index is 2.08. The molecule has 154 valence electrons. The molecule has 0 spiro atoms. The number of alkyl halides is 3. The Hall–Kier alpha value is -2.98. The predicted molar refractivity (Wildman–Crippen MR) is 99.4 cm³/mol. The highest BCUT2D eigenvalue weighted by Gasteiger charge is 2.39. The van der Waals surface area contributed by atoms with Crippen molar-refractivity contribution >= 4 is 28.8 Å². The number of fused-ring (bicyclic) bond motifs is 1. The standard InChI is InChI=1S/C18H7Cl2F5N4O/c19-15-9(5-10(22)16(20)27-15)11-6-12(30)29-17(26-11)13(14(28-29)18(23,24)25)7-1-3-8(21)4-2-7/h1-6,26H. The summed E-state index contributed by atoms with van der Waals surface area (Å²) >= 11 is 11.5. The first-order valence-corrected chi connectivity index (χ1v) is 8.83. The number of halogens is 7. The highest BCUT2D eigenvalue weighted by atomic mass is 35.5. The Kier molecular flexibility index (Phi) is 4.78. The van der Waals surface area contributed by atoms with E-state index >= 15 is 0 Å². The van der Waals surface area contributed by atoms with Crippen molar-refractivity contribution in [1.29, 1.82) is 0 Å². The van der Waals surface area contributed by atoms with Gasteiger partial charge in [-0.15, -0.1) is 0 Å². The van der Waals surface area contributed by atoms with Crippen LogP contribution < -0.4 is 5.56 Å². The van der Waals surface area contributed by atoms with Crippen LogP contribution in [-0.4, -0.2) is 19.6 Å². The molecule has 0 radical (unpaired) electrons. The van der Waals surface area contributed by atoms with Gasteiger partial charge in [0.2, 0.25) is 0 Å². The largest absolute Gasteiger partial charge is 0.435 e. The monoisotopic (exact) mass is 460 g/mol. The number of hydrogen-bond donors (Lipinski definition) is 1. The SMILES string of the molecule is O=c1cc(-c2cc(F)c(Cl)nc2Cl)[nH]c2c(-c3ccc(F)cc3)c(C(F)(F)F)nn12. The van der Waals surface area contributed by atoms with Crippen LogP contribution in [0.5, 0.6) is 0 Å². The number of nitrogens with zero attached hydrogens (tertiary/aromatic N) is 3. The molecule has 3 aromatic heterocycles. The fourth-order valence-electron chi connectivity index (χ4n) is 2.91. The summed E-state index contributed by atoms with van der Waals surface area (Å²) in [5.74, 6) is -1.60. The van der Waals surface area contributed by atoms with Crippen LogP contribution >= 0.6 is 23.2 Å². The molecule has 0 aliphatic carbocycles. The zero-order valence-electron chi connectivity index (χ0n) is 14.4. The van der Waals surface area contributed by atoms with E-state index < -0.39 is 39.8 Å². The van der Waals surface area contributed by atoms with Crippen LogP contribution in [0.15, 0.2) is 41.2 Å². The number of H-pyrrole nitrogens is 1. The van der Waals surface area contributed by atoms with Gasteiger partial charge in [-0.2, -0.15) is 22.8 Å². The van der Waals surface area contributed by atoms with Gasteiger partial charge in [-0.05, 0) is 23.8 Å². The van der Waals surface area contributed by atoms with Crippen molar-refractivity contribution in [1.82, 2.24) is 19.6 Å². The quantitative estimate of drug-likeness (QED) is 0.323. The molecule has 0 aliphatic rings. The lowest BCUT2D eigenvalue weighted by molar-refractivity contribution is -0.140. The van der Waals surface area contributed by atoms with E-state index in [0.717, 1.165) is 36.4 Å². The molecule has 0 saturated heterocycles. The molecule has 4 aromatic rings. The molecule has 1 N–H and O–H groups in total. The number of benzene rings is 1. The number of aromatic amines is 1.